The summed E-state index contributed by atoms with van der Waals surface area (Å²) in [5.74, 6) is -0.0431. The van der Waals surface area contributed by atoms with E-state index in [1.165, 1.54) is 5.56 Å². The lowest BCUT2D eigenvalue weighted by Gasteiger charge is -2.04. The molecule has 0 aliphatic carbocycles. The Morgan fingerprint density at radius 1 is 1.15 bits per heavy atom. The van der Waals surface area contributed by atoms with Crippen LogP contribution in [0.1, 0.15) is 22.4 Å². The Morgan fingerprint density at radius 2 is 1.93 bits per heavy atom. The molecule has 1 amide bonds. The van der Waals surface area contributed by atoms with Gasteiger partial charge in [-0.15, -0.1) is 11.3 Å². The molecular formula is C22H21N3OS. The van der Waals surface area contributed by atoms with Gasteiger partial charge in [-0.3, -0.25) is 4.79 Å². The lowest BCUT2D eigenvalue weighted by molar-refractivity contribution is -0.115. The number of benzene rings is 2. The molecule has 0 bridgehead atoms. The minimum atomic E-state index is -0.0431. The molecular weight excluding hydrogens is 354 g/mol. The fourth-order valence-electron chi connectivity index (χ4n) is 3.21. The van der Waals surface area contributed by atoms with Crippen molar-refractivity contribution in [2.24, 2.45) is 0 Å². The fourth-order valence-corrected chi connectivity index (χ4v) is 4.16. The highest BCUT2D eigenvalue weighted by molar-refractivity contribution is 7.12. The largest absolute Gasteiger partial charge is 0.360 e. The molecule has 0 spiro atoms. The van der Waals surface area contributed by atoms with E-state index in [1.54, 1.807) is 11.3 Å². The third-order valence-electron chi connectivity index (χ3n) is 4.64. The van der Waals surface area contributed by atoms with Gasteiger partial charge in [-0.1, -0.05) is 37.3 Å². The zero-order valence-electron chi connectivity index (χ0n) is 15.4. The number of hydrogen-bond donors (Lipinski definition) is 2. The molecule has 0 unspecified atom stereocenters. The molecule has 4 aromatic rings. The van der Waals surface area contributed by atoms with E-state index in [1.807, 2.05) is 42.6 Å². The predicted molar refractivity (Wildman–Crippen MR) is 112 cm³/mol. The van der Waals surface area contributed by atoms with Crippen molar-refractivity contribution in [2.45, 2.75) is 26.7 Å². The van der Waals surface area contributed by atoms with Crippen LogP contribution >= 0.6 is 11.3 Å². The summed E-state index contributed by atoms with van der Waals surface area (Å²) in [6, 6.07) is 16.2. The fraction of sp³-hybridized carbons (Fsp3) is 0.182. The highest BCUT2D eigenvalue weighted by Gasteiger charge is 2.15. The molecule has 2 heterocycles. The Balaban J connectivity index is 1.52. The minimum Gasteiger partial charge on any atom is -0.360 e. The number of carbonyl (C=O) groups excluding carboxylic acids is 1. The quantitative estimate of drug-likeness (QED) is 0.494. The van der Waals surface area contributed by atoms with Gasteiger partial charge in [0.25, 0.3) is 0 Å². The molecule has 0 saturated carbocycles. The number of nitrogens with one attached hydrogen (secondary N) is 2. The van der Waals surface area contributed by atoms with Gasteiger partial charge in [0.15, 0.2) is 0 Å². The van der Waals surface area contributed by atoms with E-state index in [2.05, 4.69) is 36.3 Å². The van der Waals surface area contributed by atoms with E-state index in [-0.39, 0.29) is 12.3 Å². The second-order valence-electron chi connectivity index (χ2n) is 6.54. The van der Waals surface area contributed by atoms with Gasteiger partial charge in [-0.25, -0.2) is 4.98 Å². The Hall–Kier alpha value is -2.92. The summed E-state index contributed by atoms with van der Waals surface area (Å²) in [5, 5.41) is 4.94. The second kappa shape index (κ2) is 7.37. The number of rotatable bonds is 5. The summed E-state index contributed by atoms with van der Waals surface area (Å²) in [7, 11) is 0. The van der Waals surface area contributed by atoms with Crippen molar-refractivity contribution in [3.05, 3.63) is 70.2 Å². The van der Waals surface area contributed by atoms with Crippen molar-refractivity contribution in [3.63, 3.8) is 0 Å². The second-order valence-corrected chi connectivity index (χ2v) is 7.82. The van der Waals surface area contributed by atoms with Crippen molar-refractivity contribution < 1.29 is 4.79 Å². The molecule has 2 aromatic carbocycles. The number of nitrogens with zero attached hydrogens (tertiary/aromatic N) is 1. The number of aryl methyl sites for hydroxylation is 2. The lowest BCUT2D eigenvalue weighted by atomic mass is 10.1. The molecule has 136 valence electrons. The zero-order valence-corrected chi connectivity index (χ0v) is 16.2. The van der Waals surface area contributed by atoms with Crippen molar-refractivity contribution in [2.75, 3.05) is 5.32 Å². The SMILES string of the molecule is CCc1ccc(NC(=O)Cc2nc(-c3c[nH]c4ccccc34)c(C)s2)cc1. The summed E-state index contributed by atoms with van der Waals surface area (Å²) in [4.78, 5) is 21.6. The highest BCUT2D eigenvalue weighted by atomic mass is 32.1. The number of amides is 1. The molecule has 0 radical (unpaired) electrons. The molecule has 5 heteroatoms. The van der Waals surface area contributed by atoms with Gasteiger partial charge in [0, 0.05) is 33.2 Å². The van der Waals surface area contributed by atoms with Gasteiger partial charge < -0.3 is 10.3 Å². The molecule has 2 aromatic heterocycles. The lowest BCUT2D eigenvalue weighted by Crippen LogP contribution is -2.14. The van der Waals surface area contributed by atoms with Gasteiger partial charge in [-0.05, 0) is 37.1 Å². The number of anilines is 1. The Morgan fingerprint density at radius 3 is 2.70 bits per heavy atom. The predicted octanol–water partition coefficient (Wildman–Crippen LogP) is 5.34. The standard InChI is InChI=1S/C22H21N3OS/c1-3-15-8-10-16(11-9-15)24-20(26)12-21-25-22(14(2)27-21)18-13-23-19-7-5-4-6-17(18)19/h4-11,13,23H,3,12H2,1-2H3,(H,24,26). The number of carbonyl (C=O) groups is 1. The molecule has 0 aliphatic heterocycles. The summed E-state index contributed by atoms with van der Waals surface area (Å²) >= 11 is 1.58. The van der Waals surface area contributed by atoms with E-state index in [4.69, 9.17) is 4.98 Å². The third kappa shape index (κ3) is 3.64. The molecule has 4 nitrogen and oxygen atoms in total. The molecule has 0 aliphatic rings. The minimum absolute atomic E-state index is 0.0431. The van der Waals surface area contributed by atoms with Crippen molar-refractivity contribution in [3.8, 4) is 11.3 Å². The zero-order chi connectivity index (χ0) is 18.8. The Kier molecular flexibility index (Phi) is 4.77. The number of hydrogen-bond acceptors (Lipinski definition) is 3. The van der Waals surface area contributed by atoms with Crippen molar-refractivity contribution in [1.29, 1.82) is 0 Å². The summed E-state index contributed by atoms with van der Waals surface area (Å²) in [6.45, 7) is 4.17. The van der Waals surface area contributed by atoms with Crippen molar-refractivity contribution in [1.82, 2.24) is 9.97 Å². The average Bonchev–Trinajstić information content (AvgIpc) is 3.25. The average molecular weight is 375 g/mol. The maximum absolute atomic E-state index is 12.4. The monoisotopic (exact) mass is 375 g/mol. The van der Waals surface area contributed by atoms with E-state index in [0.29, 0.717) is 0 Å². The van der Waals surface area contributed by atoms with Crippen LogP contribution in [0.4, 0.5) is 5.69 Å². The summed E-state index contributed by atoms with van der Waals surface area (Å²) in [6.07, 6.45) is 3.26. The third-order valence-corrected chi connectivity index (χ3v) is 5.61. The number of para-hydroxylation sites is 1. The van der Waals surface area contributed by atoms with E-state index in [9.17, 15) is 4.79 Å². The number of aromatic amines is 1. The first-order valence-electron chi connectivity index (χ1n) is 9.05. The van der Waals surface area contributed by atoms with Crippen LogP contribution in [0.25, 0.3) is 22.2 Å². The van der Waals surface area contributed by atoms with E-state index >= 15 is 0 Å². The Bertz CT molecular complexity index is 1090. The van der Waals surface area contributed by atoms with Crippen LogP contribution in [0.3, 0.4) is 0 Å². The summed E-state index contributed by atoms with van der Waals surface area (Å²) < 4.78 is 0. The van der Waals surface area contributed by atoms with E-state index < -0.39 is 0 Å². The first-order chi connectivity index (χ1) is 13.1. The molecule has 27 heavy (non-hydrogen) atoms. The van der Waals surface area contributed by atoms with Crippen LogP contribution < -0.4 is 5.32 Å². The van der Waals surface area contributed by atoms with Crippen LogP contribution in [0.5, 0.6) is 0 Å². The van der Waals surface area contributed by atoms with Crippen molar-refractivity contribution >= 4 is 33.8 Å². The van der Waals surface area contributed by atoms with Gasteiger partial charge in [-0.2, -0.15) is 0 Å². The maximum atomic E-state index is 12.4. The van der Waals surface area contributed by atoms with Crippen LogP contribution in [0.15, 0.2) is 54.7 Å². The maximum Gasteiger partial charge on any atom is 0.231 e. The highest BCUT2D eigenvalue weighted by Crippen LogP contribution is 2.33. The van der Waals surface area contributed by atoms with Crippen LogP contribution in [-0.2, 0) is 17.6 Å². The van der Waals surface area contributed by atoms with E-state index in [0.717, 1.165) is 44.2 Å². The molecule has 2 N–H and O–H groups in total. The molecule has 4 rings (SSSR count). The van der Waals surface area contributed by atoms with Gasteiger partial charge >= 0.3 is 0 Å². The number of thiazole rings is 1. The number of aromatic nitrogens is 2. The number of H-pyrrole nitrogens is 1. The number of fused-ring (bicyclic) bond motifs is 1. The van der Waals surface area contributed by atoms with Crippen LogP contribution in [0, 0.1) is 6.92 Å². The van der Waals surface area contributed by atoms with Gasteiger partial charge in [0.1, 0.15) is 5.01 Å². The molecule has 0 fully saturated rings. The Labute approximate surface area is 162 Å². The van der Waals surface area contributed by atoms with Gasteiger partial charge in [0.2, 0.25) is 5.91 Å². The topological polar surface area (TPSA) is 57.8 Å². The molecule has 0 saturated heterocycles. The van der Waals surface area contributed by atoms with Crippen LogP contribution in [0.2, 0.25) is 0 Å². The van der Waals surface area contributed by atoms with Crippen LogP contribution in [-0.4, -0.2) is 15.9 Å². The summed E-state index contributed by atoms with van der Waals surface area (Å²) in [5.41, 5.74) is 5.21. The normalized spacial score (nSPS) is 11.0. The van der Waals surface area contributed by atoms with Gasteiger partial charge in [0.05, 0.1) is 12.1 Å². The first-order valence-corrected chi connectivity index (χ1v) is 9.87. The smallest absolute Gasteiger partial charge is 0.231 e. The first kappa shape index (κ1) is 17.5. The molecule has 0 atom stereocenters.